The molecule has 31 heavy (non-hydrogen) atoms. The molecule has 0 aliphatic carbocycles. The van der Waals surface area contributed by atoms with E-state index in [0.29, 0.717) is 23.5 Å². The molecule has 2 aromatic carbocycles. The molecule has 3 rings (SSSR count). The van der Waals surface area contributed by atoms with Crippen LogP contribution < -0.4 is 0 Å². The Morgan fingerprint density at radius 3 is 2.23 bits per heavy atom. The molecule has 1 atom stereocenters. The SMILES string of the molecule is CC(=O)SCCC(CCN1CCCCC1)S(=O)(=O)c1ccc(Sc2ccccc2)cc1. The average molecular weight is 478 g/mol. The summed E-state index contributed by atoms with van der Waals surface area (Å²) in [6.45, 7) is 4.45. The number of likely N-dealkylation sites (tertiary alicyclic amines) is 1. The first-order valence-corrected chi connectivity index (χ1v) is 14.2. The maximum absolute atomic E-state index is 13.4. The molecule has 0 bridgehead atoms. The van der Waals surface area contributed by atoms with Crippen molar-refractivity contribution in [2.24, 2.45) is 0 Å². The van der Waals surface area contributed by atoms with E-state index in [2.05, 4.69) is 4.90 Å². The molecule has 4 nitrogen and oxygen atoms in total. The molecule has 2 aromatic rings. The average Bonchev–Trinajstić information content (AvgIpc) is 2.77. The minimum absolute atomic E-state index is 0.0365. The highest BCUT2D eigenvalue weighted by molar-refractivity contribution is 8.13. The first kappa shape index (κ1) is 24.4. The van der Waals surface area contributed by atoms with Gasteiger partial charge in [0.15, 0.2) is 15.0 Å². The molecule has 1 unspecified atom stereocenters. The lowest BCUT2D eigenvalue weighted by Crippen LogP contribution is -2.34. The third-order valence-electron chi connectivity index (χ3n) is 5.53. The summed E-state index contributed by atoms with van der Waals surface area (Å²) in [6, 6.07) is 17.3. The van der Waals surface area contributed by atoms with Gasteiger partial charge in [-0.15, -0.1) is 0 Å². The fraction of sp³-hybridized carbons (Fsp3) is 0.458. The molecule has 1 heterocycles. The Morgan fingerprint density at radius 1 is 0.935 bits per heavy atom. The summed E-state index contributed by atoms with van der Waals surface area (Å²) < 4.78 is 26.9. The Hall–Kier alpha value is -1.28. The van der Waals surface area contributed by atoms with Crippen LogP contribution in [0.2, 0.25) is 0 Å². The molecule has 1 aliphatic rings. The highest BCUT2D eigenvalue weighted by Gasteiger charge is 2.28. The molecule has 1 saturated heterocycles. The summed E-state index contributed by atoms with van der Waals surface area (Å²) in [4.78, 5) is 16.2. The van der Waals surface area contributed by atoms with Crippen LogP contribution in [0.25, 0.3) is 0 Å². The Kier molecular flexibility index (Phi) is 9.50. The Labute approximate surface area is 195 Å². The van der Waals surface area contributed by atoms with E-state index < -0.39 is 15.1 Å². The molecule has 0 amide bonds. The summed E-state index contributed by atoms with van der Waals surface area (Å²) in [7, 11) is -3.45. The normalized spacial score (nSPS) is 16.2. The Balaban J connectivity index is 1.69. The highest BCUT2D eigenvalue weighted by atomic mass is 32.2. The lowest BCUT2D eigenvalue weighted by atomic mass is 10.1. The van der Waals surface area contributed by atoms with Crippen LogP contribution in [0.5, 0.6) is 0 Å². The van der Waals surface area contributed by atoms with Crippen molar-refractivity contribution < 1.29 is 13.2 Å². The minimum Gasteiger partial charge on any atom is -0.303 e. The molecular weight excluding hydrogens is 446 g/mol. The van der Waals surface area contributed by atoms with Crippen molar-refractivity contribution in [3.8, 4) is 0 Å². The van der Waals surface area contributed by atoms with E-state index in [1.54, 1.807) is 23.9 Å². The lowest BCUT2D eigenvalue weighted by molar-refractivity contribution is -0.109. The van der Waals surface area contributed by atoms with E-state index in [0.717, 1.165) is 29.4 Å². The van der Waals surface area contributed by atoms with Gasteiger partial charge in [0.05, 0.1) is 10.1 Å². The number of nitrogens with zero attached hydrogens (tertiary/aromatic N) is 1. The van der Waals surface area contributed by atoms with Gasteiger partial charge >= 0.3 is 0 Å². The van der Waals surface area contributed by atoms with Crippen LogP contribution in [0.4, 0.5) is 0 Å². The molecule has 0 spiro atoms. The number of hydrogen-bond acceptors (Lipinski definition) is 6. The van der Waals surface area contributed by atoms with Gasteiger partial charge in [-0.2, -0.15) is 0 Å². The summed E-state index contributed by atoms with van der Waals surface area (Å²) >= 11 is 2.83. The topological polar surface area (TPSA) is 54.5 Å². The molecule has 0 aromatic heterocycles. The number of thioether (sulfide) groups is 1. The summed E-state index contributed by atoms with van der Waals surface area (Å²) in [5.41, 5.74) is 0. The summed E-state index contributed by atoms with van der Waals surface area (Å²) in [6.07, 6.45) is 4.76. The largest absolute Gasteiger partial charge is 0.303 e. The molecule has 7 heteroatoms. The van der Waals surface area contributed by atoms with Crippen molar-refractivity contribution in [3.63, 3.8) is 0 Å². The number of piperidine rings is 1. The van der Waals surface area contributed by atoms with E-state index in [4.69, 9.17) is 0 Å². The molecule has 168 valence electrons. The molecule has 1 fully saturated rings. The van der Waals surface area contributed by atoms with Crippen LogP contribution in [0, 0.1) is 0 Å². The first-order chi connectivity index (χ1) is 14.9. The number of rotatable bonds is 10. The predicted molar refractivity (Wildman–Crippen MR) is 131 cm³/mol. The molecular formula is C24H31NO3S3. The van der Waals surface area contributed by atoms with Gasteiger partial charge in [-0.05, 0) is 81.7 Å². The van der Waals surface area contributed by atoms with Crippen LogP contribution in [0.3, 0.4) is 0 Å². The quantitative estimate of drug-likeness (QED) is 0.449. The molecule has 0 saturated carbocycles. The second-order valence-electron chi connectivity index (χ2n) is 7.87. The Bertz CT molecular complexity index is 924. The summed E-state index contributed by atoms with van der Waals surface area (Å²) in [5, 5.41) is -0.427. The maximum Gasteiger partial charge on any atom is 0.185 e. The van der Waals surface area contributed by atoms with Crippen LogP contribution in [-0.2, 0) is 14.6 Å². The Morgan fingerprint density at radius 2 is 1.58 bits per heavy atom. The van der Waals surface area contributed by atoms with E-state index in [1.165, 1.54) is 37.9 Å². The van der Waals surface area contributed by atoms with Gasteiger partial charge < -0.3 is 4.90 Å². The number of benzene rings is 2. The van der Waals surface area contributed by atoms with E-state index >= 15 is 0 Å². The van der Waals surface area contributed by atoms with Crippen LogP contribution >= 0.6 is 23.5 Å². The highest BCUT2D eigenvalue weighted by Crippen LogP contribution is 2.30. The minimum atomic E-state index is -3.45. The van der Waals surface area contributed by atoms with Gasteiger partial charge in [0.25, 0.3) is 0 Å². The van der Waals surface area contributed by atoms with Crippen molar-refractivity contribution in [2.75, 3.05) is 25.4 Å². The van der Waals surface area contributed by atoms with Crippen LogP contribution in [-0.4, -0.2) is 49.1 Å². The predicted octanol–water partition coefficient (Wildman–Crippen LogP) is 5.53. The van der Waals surface area contributed by atoms with Gasteiger partial charge in [-0.25, -0.2) is 8.42 Å². The van der Waals surface area contributed by atoms with Crippen molar-refractivity contribution in [2.45, 2.75) is 59.0 Å². The van der Waals surface area contributed by atoms with Crippen LogP contribution in [0.1, 0.15) is 39.0 Å². The zero-order chi connectivity index (χ0) is 22.1. The van der Waals surface area contributed by atoms with Crippen molar-refractivity contribution in [1.29, 1.82) is 0 Å². The molecule has 0 radical (unpaired) electrons. The standard InChI is InChI=1S/C24H31NO3S3/c1-20(26)29-19-15-24(14-18-25-16-6-3-7-17-25)31(27,28)23-12-10-22(11-13-23)30-21-8-4-2-5-9-21/h2,4-5,8-13,24H,3,6-7,14-19H2,1H3. The number of carbonyl (C=O) groups excluding carboxylic acids is 1. The van der Waals surface area contributed by atoms with Crippen molar-refractivity contribution in [3.05, 3.63) is 54.6 Å². The lowest BCUT2D eigenvalue weighted by Gasteiger charge is -2.28. The third kappa shape index (κ3) is 7.67. The molecule has 1 aliphatic heterocycles. The second kappa shape index (κ2) is 12.1. The van der Waals surface area contributed by atoms with Gasteiger partial charge in [-0.1, -0.05) is 48.1 Å². The number of carbonyl (C=O) groups is 1. The monoisotopic (exact) mass is 477 g/mol. The van der Waals surface area contributed by atoms with Crippen molar-refractivity contribution in [1.82, 2.24) is 4.90 Å². The van der Waals surface area contributed by atoms with Crippen molar-refractivity contribution >= 4 is 38.5 Å². The fourth-order valence-corrected chi connectivity index (χ4v) is 7.23. The number of hydrogen-bond donors (Lipinski definition) is 0. The second-order valence-corrected chi connectivity index (χ2v) is 12.5. The van der Waals surface area contributed by atoms with E-state index in [9.17, 15) is 13.2 Å². The van der Waals surface area contributed by atoms with Crippen LogP contribution in [0.15, 0.2) is 69.3 Å². The summed E-state index contributed by atoms with van der Waals surface area (Å²) in [5.74, 6) is 0.543. The zero-order valence-corrected chi connectivity index (χ0v) is 20.5. The van der Waals surface area contributed by atoms with E-state index in [1.807, 2.05) is 42.5 Å². The first-order valence-electron chi connectivity index (χ1n) is 10.9. The van der Waals surface area contributed by atoms with Gasteiger partial charge in [0, 0.05) is 22.5 Å². The smallest absolute Gasteiger partial charge is 0.185 e. The van der Waals surface area contributed by atoms with E-state index in [-0.39, 0.29) is 5.12 Å². The fourth-order valence-electron chi connectivity index (χ4n) is 3.81. The maximum atomic E-state index is 13.4. The zero-order valence-electron chi connectivity index (χ0n) is 18.0. The van der Waals surface area contributed by atoms with Gasteiger partial charge in [0.2, 0.25) is 0 Å². The third-order valence-corrected chi connectivity index (χ3v) is 9.67. The number of sulfone groups is 1. The van der Waals surface area contributed by atoms with Gasteiger partial charge in [0.1, 0.15) is 0 Å². The molecule has 0 N–H and O–H groups in total. The van der Waals surface area contributed by atoms with Gasteiger partial charge in [-0.3, -0.25) is 4.79 Å².